The van der Waals surface area contributed by atoms with Gasteiger partial charge in [0.1, 0.15) is 0 Å². The van der Waals surface area contributed by atoms with Crippen LogP contribution in [-0.4, -0.2) is 36.1 Å². The van der Waals surface area contributed by atoms with E-state index in [2.05, 4.69) is 10.2 Å². The van der Waals surface area contributed by atoms with Gasteiger partial charge in [0.15, 0.2) is 0 Å². The number of rotatable bonds is 6. The van der Waals surface area contributed by atoms with Crippen molar-refractivity contribution in [2.45, 2.75) is 31.7 Å². The van der Waals surface area contributed by atoms with Gasteiger partial charge in [-0.15, -0.1) is 0 Å². The Kier molecular flexibility index (Phi) is 5.16. The predicted molar refractivity (Wildman–Crippen MR) is 81.4 cm³/mol. The van der Waals surface area contributed by atoms with Crippen LogP contribution in [-0.2, 0) is 9.59 Å². The second-order valence-corrected chi connectivity index (χ2v) is 5.24. The van der Waals surface area contributed by atoms with Gasteiger partial charge in [-0.1, -0.05) is 12.1 Å². The third-order valence-corrected chi connectivity index (χ3v) is 3.61. The van der Waals surface area contributed by atoms with Crippen LogP contribution in [0.2, 0.25) is 0 Å². The van der Waals surface area contributed by atoms with Crippen LogP contribution in [0.4, 0.5) is 11.4 Å². The van der Waals surface area contributed by atoms with Gasteiger partial charge >= 0.3 is 5.97 Å². The Balaban J connectivity index is 2.01. The first-order chi connectivity index (χ1) is 10.1. The lowest BCUT2D eigenvalue weighted by molar-refractivity contribution is -0.137. The second-order valence-electron chi connectivity index (χ2n) is 5.24. The van der Waals surface area contributed by atoms with Crippen LogP contribution in [0.25, 0.3) is 0 Å². The number of carboxylic acid groups (broad SMARTS) is 1. The van der Waals surface area contributed by atoms with Crippen LogP contribution in [0.15, 0.2) is 24.3 Å². The number of anilines is 2. The van der Waals surface area contributed by atoms with Gasteiger partial charge in [0.05, 0.1) is 17.4 Å². The van der Waals surface area contributed by atoms with E-state index in [4.69, 9.17) is 10.8 Å². The summed E-state index contributed by atoms with van der Waals surface area (Å²) in [5, 5.41) is 11.4. The molecule has 0 radical (unpaired) electrons. The number of para-hydroxylation sites is 2. The molecule has 1 aromatic carbocycles. The first-order valence-electron chi connectivity index (χ1n) is 7.20. The summed E-state index contributed by atoms with van der Waals surface area (Å²) in [6.45, 7) is 1.97. The van der Waals surface area contributed by atoms with Crippen LogP contribution in [0.1, 0.15) is 25.7 Å². The molecule has 1 atom stereocenters. The van der Waals surface area contributed by atoms with Crippen LogP contribution >= 0.6 is 0 Å². The van der Waals surface area contributed by atoms with Crippen LogP contribution in [0.3, 0.4) is 0 Å². The fraction of sp³-hybridized carbons (Fsp3) is 0.467. The van der Waals surface area contributed by atoms with Gasteiger partial charge in [-0.25, -0.2) is 0 Å². The molecule has 6 heteroatoms. The molecule has 0 aliphatic carbocycles. The Morgan fingerprint density at radius 1 is 1.29 bits per heavy atom. The number of aliphatic carboxylic acids is 1. The molecule has 2 rings (SSSR count). The molecule has 114 valence electrons. The Morgan fingerprint density at radius 2 is 1.95 bits per heavy atom. The van der Waals surface area contributed by atoms with E-state index in [-0.39, 0.29) is 18.7 Å². The lowest BCUT2D eigenvalue weighted by Gasteiger charge is -2.22. The molecule has 0 bridgehead atoms. The van der Waals surface area contributed by atoms with E-state index < -0.39 is 12.0 Å². The van der Waals surface area contributed by atoms with E-state index in [1.54, 1.807) is 0 Å². The Morgan fingerprint density at radius 3 is 2.62 bits per heavy atom. The number of carbonyl (C=O) groups excluding carboxylic acids is 1. The van der Waals surface area contributed by atoms with E-state index in [1.165, 1.54) is 0 Å². The van der Waals surface area contributed by atoms with Gasteiger partial charge in [0.25, 0.3) is 0 Å². The number of carbonyl (C=O) groups is 2. The molecule has 1 heterocycles. The largest absolute Gasteiger partial charge is 0.481 e. The molecular formula is C15H21N3O3. The number of benzene rings is 1. The highest BCUT2D eigenvalue weighted by atomic mass is 16.4. The molecule has 4 N–H and O–H groups in total. The third kappa shape index (κ3) is 4.19. The number of amides is 1. The topological polar surface area (TPSA) is 95.7 Å². The minimum atomic E-state index is -0.948. The van der Waals surface area contributed by atoms with E-state index in [0.717, 1.165) is 37.3 Å². The minimum absolute atomic E-state index is 0.109. The average molecular weight is 291 g/mol. The van der Waals surface area contributed by atoms with Crippen molar-refractivity contribution in [2.75, 3.05) is 23.3 Å². The van der Waals surface area contributed by atoms with Crippen molar-refractivity contribution in [3.63, 3.8) is 0 Å². The zero-order valence-corrected chi connectivity index (χ0v) is 11.9. The zero-order valence-electron chi connectivity index (χ0n) is 11.9. The van der Waals surface area contributed by atoms with Gasteiger partial charge in [0, 0.05) is 19.5 Å². The average Bonchev–Trinajstić information content (AvgIpc) is 2.99. The summed E-state index contributed by atoms with van der Waals surface area (Å²) in [5.41, 5.74) is 7.45. The van der Waals surface area contributed by atoms with Crippen molar-refractivity contribution in [2.24, 2.45) is 5.73 Å². The van der Waals surface area contributed by atoms with Crippen molar-refractivity contribution in [1.82, 2.24) is 0 Å². The molecule has 1 aliphatic rings. The maximum atomic E-state index is 12.0. The first-order valence-corrected chi connectivity index (χ1v) is 7.20. The van der Waals surface area contributed by atoms with E-state index in [0.29, 0.717) is 0 Å². The summed E-state index contributed by atoms with van der Waals surface area (Å²) in [6, 6.07) is 6.80. The number of nitrogens with one attached hydrogen (secondary N) is 1. The summed E-state index contributed by atoms with van der Waals surface area (Å²) in [6.07, 6.45) is 2.33. The Bertz CT molecular complexity index is 513. The number of hydrogen-bond donors (Lipinski definition) is 3. The lowest BCUT2D eigenvalue weighted by Crippen LogP contribution is -2.36. The van der Waals surface area contributed by atoms with Crippen molar-refractivity contribution in [1.29, 1.82) is 0 Å². The molecule has 0 spiro atoms. The molecule has 1 aromatic rings. The highest BCUT2D eigenvalue weighted by molar-refractivity contribution is 5.97. The van der Waals surface area contributed by atoms with Crippen LogP contribution in [0, 0.1) is 0 Å². The monoisotopic (exact) mass is 291 g/mol. The summed E-state index contributed by atoms with van der Waals surface area (Å²) >= 11 is 0. The van der Waals surface area contributed by atoms with Gasteiger partial charge in [0.2, 0.25) is 5.91 Å². The maximum Gasteiger partial charge on any atom is 0.303 e. The molecule has 1 unspecified atom stereocenters. The number of nitrogens with zero attached hydrogens (tertiary/aromatic N) is 1. The van der Waals surface area contributed by atoms with Crippen molar-refractivity contribution < 1.29 is 14.7 Å². The number of carboxylic acids is 1. The number of hydrogen-bond acceptors (Lipinski definition) is 4. The molecule has 0 saturated carbocycles. The maximum absolute atomic E-state index is 12.0. The van der Waals surface area contributed by atoms with Crippen LogP contribution in [0.5, 0.6) is 0 Å². The molecule has 21 heavy (non-hydrogen) atoms. The minimum Gasteiger partial charge on any atom is -0.481 e. The smallest absolute Gasteiger partial charge is 0.303 e. The standard InChI is InChI=1S/C15H21N3O3/c16-11(7-8-14(19)20)15(21)17-12-5-1-2-6-13(12)18-9-3-4-10-18/h1-2,5-6,11H,3-4,7-10,16H2,(H,17,21)(H,19,20). The molecule has 1 amide bonds. The first kappa shape index (κ1) is 15.3. The molecular weight excluding hydrogens is 270 g/mol. The fourth-order valence-corrected chi connectivity index (χ4v) is 2.45. The number of nitrogens with two attached hydrogens (primary N) is 1. The molecule has 1 aliphatic heterocycles. The van der Waals surface area contributed by atoms with Gasteiger partial charge < -0.3 is 21.1 Å². The fourth-order valence-electron chi connectivity index (χ4n) is 2.45. The summed E-state index contributed by atoms with van der Waals surface area (Å²) in [5.74, 6) is -1.29. The summed E-state index contributed by atoms with van der Waals surface area (Å²) in [4.78, 5) is 24.8. The predicted octanol–water partition coefficient (Wildman–Crippen LogP) is 1.42. The zero-order chi connectivity index (χ0) is 15.2. The molecule has 0 aromatic heterocycles. The normalized spacial score (nSPS) is 15.8. The SMILES string of the molecule is NC(CCC(=O)O)C(=O)Nc1ccccc1N1CCCC1. The highest BCUT2D eigenvalue weighted by Gasteiger charge is 2.19. The van der Waals surface area contributed by atoms with Gasteiger partial charge in [-0.3, -0.25) is 9.59 Å². The second kappa shape index (κ2) is 7.08. The van der Waals surface area contributed by atoms with E-state index in [1.807, 2.05) is 24.3 Å². The summed E-state index contributed by atoms with van der Waals surface area (Å²) in [7, 11) is 0. The lowest BCUT2D eigenvalue weighted by atomic mass is 10.1. The summed E-state index contributed by atoms with van der Waals surface area (Å²) < 4.78 is 0. The quantitative estimate of drug-likeness (QED) is 0.736. The molecule has 1 saturated heterocycles. The van der Waals surface area contributed by atoms with Crippen molar-refractivity contribution in [3.8, 4) is 0 Å². The van der Waals surface area contributed by atoms with E-state index >= 15 is 0 Å². The van der Waals surface area contributed by atoms with Gasteiger partial charge in [-0.05, 0) is 31.4 Å². The molecule has 6 nitrogen and oxygen atoms in total. The Hall–Kier alpha value is -2.08. The third-order valence-electron chi connectivity index (χ3n) is 3.61. The van der Waals surface area contributed by atoms with Crippen molar-refractivity contribution in [3.05, 3.63) is 24.3 Å². The molecule has 1 fully saturated rings. The highest BCUT2D eigenvalue weighted by Crippen LogP contribution is 2.28. The van der Waals surface area contributed by atoms with Crippen LogP contribution < -0.4 is 16.0 Å². The van der Waals surface area contributed by atoms with Crippen molar-refractivity contribution >= 4 is 23.3 Å². The Labute approximate surface area is 123 Å². The van der Waals surface area contributed by atoms with E-state index in [9.17, 15) is 9.59 Å². The van der Waals surface area contributed by atoms with Gasteiger partial charge in [-0.2, -0.15) is 0 Å².